The molecule has 0 radical (unpaired) electrons. The van der Waals surface area contributed by atoms with Crippen molar-refractivity contribution < 1.29 is 0 Å². The topological polar surface area (TPSA) is 29.3 Å². The van der Waals surface area contributed by atoms with Crippen molar-refractivity contribution in [2.75, 3.05) is 13.6 Å². The molecule has 0 fully saturated rings. The van der Waals surface area contributed by atoms with Crippen LogP contribution < -0.4 is 5.73 Å². The van der Waals surface area contributed by atoms with Gasteiger partial charge in [0.2, 0.25) is 0 Å². The third-order valence-electron chi connectivity index (χ3n) is 2.33. The molecule has 0 aliphatic carbocycles. The highest BCUT2D eigenvalue weighted by Gasteiger charge is 2.11. The first-order chi connectivity index (χ1) is 6.61. The molecule has 0 spiro atoms. The zero-order chi connectivity index (χ0) is 10.6. The fourth-order valence-electron chi connectivity index (χ4n) is 1.23. The van der Waals surface area contributed by atoms with Crippen molar-refractivity contribution in [1.82, 2.24) is 4.90 Å². The molecular weight excluding hydrogens is 212 g/mol. The Labute approximate surface area is 94.7 Å². The van der Waals surface area contributed by atoms with Crippen molar-refractivity contribution in [2.45, 2.75) is 19.4 Å². The van der Waals surface area contributed by atoms with Gasteiger partial charge in [0.25, 0.3) is 0 Å². The van der Waals surface area contributed by atoms with Gasteiger partial charge in [-0.3, -0.25) is 4.90 Å². The van der Waals surface area contributed by atoms with Gasteiger partial charge in [-0.15, -0.1) is 11.3 Å². The molecule has 1 aromatic heterocycles. The van der Waals surface area contributed by atoms with Crippen molar-refractivity contribution >= 4 is 28.5 Å². The van der Waals surface area contributed by atoms with Crippen LogP contribution in [0.5, 0.6) is 0 Å². The second kappa shape index (κ2) is 5.44. The summed E-state index contributed by atoms with van der Waals surface area (Å²) in [5, 5.41) is 2.10. The smallest absolute Gasteiger partial charge is 0.0740 e. The molecule has 14 heavy (non-hydrogen) atoms. The fraction of sp³-hybridized carbons (Fsp3) is 0.500. The highest BCUT2D eigenvalue weighted by atomic mass is 32.1. The molecule has 4 heteroatoms. The molecule has 1 unspecified atom stereocenters. The van der Waals surface area contributed by atoms with Gasteiger partial charge < -0.3 is 5.73 Å². The van der Waals surface area contributed by atoms with Crippen LogP contribution in [-0.4, -0.2) is 23.5 Å². The maximum Gasteiger partial charge on any atom is 0.0740 e. The number of thiocarbonyl (C=S) groups is 1. The molecule has 1 heterocycles. The van der Waals surface area contributed by atoms with E-state index in [1.807, 2.05) is 0 Å². The maximum absolute atomic E-state index is 5.47. The summed E-state index contributed by atoms with van der Waals surface area (Å²) in [5.41, 5.74) is 5.47. The largest absolute Gasteiger partial charge is 0.393 e. The number of nitrogens with zero attached hydrogens (tertiary/aromatic N) is 1. The lowest BCUT2D eigenvalue weighted by molar-refractivity contribution is 0.273. The number of hydrogen-bond acceptors (Lipinski definition) is 3. The Kier molecular flexibility index (Phi) is 4.51. The van der Waals surface area contributed by atoms with E-state index in [1.54, 1.807) is 11.3 Å². The minimum Gasteiger partial charge on any atom is -0.393 e. The van der Waals surface area contributed by atoms with Crippen LogP contribution in [0, 0.1) is 0 Å². The molecule has 0 aliphatic heterocycles. The summed E-state index contributed by atoms with van der Waals surface area (Å²) in [5.74, 6) is 0. The van der Waals surface area contributed by atoms with Crippen molar-refractivity contribution in [3.63, 3.8) is 0 Å². The van der Waals surface area contributed by atoms with E-state index in [9.17, 15) is 0 Å². The van der Waals surface area contributed by atoms with Gasteiger partial charge in [-0.2, -0.15) is 0 Å². The Hall–Kier alpha value is -0.450. The summed E-state index contributed by atoms with van der Waals surface area (Å²) in [6, 6.07) is 4.69. The Morgan fingerprint density at radius 1 is 1.71 bits per heavy atom. The van der Waals surface area contributed by atoms with E-state index < -0.39 is 0 Å². The van der Waals surface area contributed by atoms with Crippen molar-refractivity contribution in [2.24, 2.45) is 5.73 Å². The number of thiophene rings is 1. The number of hydrogen-bond donors (Lipinski definition) is 1. The van der Waals surface area contributed by atoms with Crippen LogP contribution >= 0.6 is 23.6 Å². The minimum atomic E-state index is 0.448. The Morgan fingerprint density at radius 3 is 2.93 bits per heavy atom. The highest BCUT2D eigenvalue weighted by Crippen LogP contribution is 2.23. The second-order valence-electron chi connectivity index (χ2n) is 3.39. The van der Waals surface area contributed by atoms with Crippen LogP contribution in [0.4, 0.5) is 0 Å². The van der Waals surface area contributed by atoms with E-state index in [4.69, 9.17) is 18.0 Å². The van der Waals surface area contributed by atoms with E-state index in [1.165, 1.54) is 4.88 Å². The molecule has 78 valence electrons. The molecule has 2 nitrogen and oxygen atoms in total. The SMILES string of the molecule is CC(c1cccs1)N(C)CCC(N)=S. The van der Waals surface area contributed by atoms with Crippen LogP contribution in [0.15, 0.2) is 17.5 Å². The molecule has 0 aromatic carbocycles. The maximum atomic E-state index is 5.47. The predicted octanol–water partition coefficient (Wildman–Crippen LogP) is 2.42. The molecule has 0 saturated carbocycles. The normalized spacial score (nSPS) is 13.1. The third-order valence-corrected chi connectivity index (χ3v) is 3.57. The van der Waals surface area contributed by atoms with Gasteiger partial charge in [-0.05, 0) is 25.4 Å². The first kappa shape index (κ1) is 11.6. The summed E-state index contributed by atoms with van der Waals surface area (Å²) in [6.45, 7) is 3.12. The lowest BCUT2D eigenvalue weighted by Gasteiger charge is -2.23. The lowest BCUT2D eigenvalue weighted by atomic mass is 10.2. The van der Waals surface area contributed by atoms with Crippen LogP contribution in [0.25, 0.3) is 0 Å². The summed E-state index contributed by atoms with van der Waals surface area (Å²) in [6.07, 6.45) is 0.793. The fourth-order valence-corrected chi connectivity index (χ4v) is 2.17. The van der Waals surface area contributed by atoms with Gasteiger partial charge in [-0.1, -0.05) is 18.3 Å². The zero-order valence-electron chi connectivity index (χ0n) is 8.56. The zero-order valence-corrected chi connectivity index (χ0v) is 10.2. The van der Waals surface area contributed by atoms with Crippen molar-refractivity contribution in [3.05, 3.63) is 22.4 Å². The van der Waals surface area contributed by atoms with Gasteiger partial charge in [0, 0.05) is 23.9 Å². The Bertz CT molecular complexity index is 282. The summed E-state index contributed by atoms with van der Waals surface area (Å²) in [7, 11) is 2.10. The van der Waals surface area contributed by atoms with Crippen LogP contribution in [0.3, 0.4) is 0 Å². The van der Waals surface area contributed by atoms with E-state index in [2.05, 4.69) is 36.4 Å². The van der Waals surface area contributed by atoms with Gasteiger partial charge >= 0.3 is 0 Å². The van der Waals surface area contributed by atoms with Crippen molar-refractivity contribution in [1.29, 1.82) is 0 Å². The summed E-state index contributed by atoms with van der Waals surface area (Å²) >= 11 is 6.64. The summed E-state index contributed by atoms with van der Waals surface area (Å²) in [4.78, 5) is 4.25. The molecule has 2 N–H and O–H groups in total. The van der Waals surface area contributed by atoms with E-state index in [-0.39, 0.29) is 0 Å². The molecule has 0 saturated heterocycles. The molecule has 0 amide bonds. The number of nitrogens with two attached hydrogens (primary N) is 1. The van der Waals surface area contributed by atoms with Gasteiger partial charge in [0.15, 0.2) is 0 Å². The third kappa shape index (κ3) is 3.36. The molecule has 1 atom stereocenters. The summed E-state index contributed by atoms with van der Waals surface area (Å²) < 4.78 is 0. The van der Waals surface area contributed by atoms with Gasteiger partial charge in [0.1, 0.15) is 0 Å². The van der Waals surface area contributed by atoms with Crippen LogP contribution in [0.1, 0.15) is 24.3 Å². The molecule has 0 aliphatic rings. The monoisotopic (exact) mass is 228 g/mol. The van der Waals surface area contributed by atoms with E-state index >= 15 is 0 Å². The van der Waals surface area contributed by atoms with Gasteiger partial charge in [0.05, 0.1) is 4.99 Å². The molecule has 0 bridgehead atoms. The first-order valence-electron chi connectivity index (χ1n) is 4.63. The first-order valence-corrected chi connectivity index (χ1v) is 5.92. The van der Waals surface area contributed by atoms with Crippen molar-refractivity contribution in [3.8, 4) is 0 Å². The molecule has 1 rings (SSSR count). The van der Waals surface area contributed by atoms with Crippen LogP contribution in [-0.2, 0) is 0 Å². The lowest BCUT2D eigenvalue weighted by Crippen LogP contribution is -2.26. The van der Waals surface area contributed by atoms with E-state index in [0.29, 0.717) is 11.0 Å². The number of rotatable bonds is 5. The molecule has 1 aromatic rings. The van der Waals surface area contributed by atoms with Gasteiger partial charge in [-0.25, -0.2) is 0 Å². The Balaban J connectivity index is 2.44. The predicted molar refractivity (Wildman–Crippen MR) is 66.8 cm³/mol. The highest BCUT2D eigenvalue weighted by molar-refractivity contribution is 7.80. The minimum absolute atomic E-state index is 0.448. The second-order valence-corrected chi connectivity index (χ2v) is 4.89. The Morgan fingerprint density at radius 2 is 2.43 bits per heavy atom. The average molecular weight is 228 g/mol. The van der Waals surface area contributed by atoms with E-state index in [0.717, 1.165) is 13.0 Å². The standard InChI is InChI=1S/C10H16N2S2/c1-8(9-4-3-7-14-9)12(2)6-5-10(11)13/h3-4,7-8H,5-6H2,1-2H3,(H2,11,13). The average Bonchev–Trinajstić information content (AvgIpc) is 2.65. The quantitative estimate of drug-likeness (QED) is 0.785. The molecular formula is C10H16N2S2. The van der Waals surface area contributed by atoms with Crippen LogP contribution in [0.2, 0.25) is 0 Å².